The van der Waals surface area contributed by atoms with E-state index < -0.39 is 5.97 Å². The van der Waals surface area contributed by atoms with Gasteiger partial charge in [0.25, 0.3) is 0 Å². The Morgan fingerprint density at radius 3 is 2.89 bits per heavy atom. The van der Waals surface area contributed by atoms with Gasteiger partial charge >= 0.3 is 5.97 Å². The lowest BCUT2D eigenvalue weighted by atomic mass is 9.95. The number of carboxylic acids is 1. The molecule has 2 heterocycles. The Morgan fingerprint density at radius 1 is 1.44 bits per heavy atom. The van der Waals surface area contributed by atoms with Gasteiger partial charge < -0.3 is 15.2 Å². The molecule has 5 heteroatoms. The lowest BCUT2D eigenvalue weighted by molar-refractivity contribution is 0.0697. The summed E-state index contributed by atoms with van der Waals surface area (Å²) >= 11 is 5.94. The molecule has 4 nitrogen and oxygen atoms in total. The lowest BCUT2D eigenvalue weighted by Crippen LogP contribution is -2.31. The van der Waals surface area contributed by atoms with Gasteiger partial charge in [-0.05, 0) is 31.4 Å². The molecule has 2 fully saturated rings. The SMILES string of the molecule is O=C(O)c1c(Cl)cccc1NC1CC2CCC1O2. The lowest BCUT2D eigenvalue weighted by Gasteiger charge is -2.22. The van der Waals surface area contributed by atoms with Crippen LogP contribution in [0, 0.1) is 0 Å². The van der Waals surface area contributed by atoms with Crippen molar-refractivity contribution < 1.29 is 14.6 Å². The van der Waals surface area contributed by atoms with E-state index in [9.17, 15) is 9.90 Å². The molecule has 2 saturated heterocycles. The molecule has 2 aliphatic heterocycles. The van der Waals surface area contributed by atoms with Gasteiger partial charge in [0.2, 0.25) is 0 Å². The molecule has 18 heavy (non-hydrogen) atoms. The first kappa shape index (κ1) is 11.8. The summed E-state index contributed by atoms with van der Waals surface area (Å²) in [7, 11) is 0. The molecular weight excluding hydrogens is 254 g/mol. The Balaban J connectivity index is 1.84. The number of hydrogen-bond donors (Lipinski definition) is 2. The predicted molar refractivity (Wildman–Crippen MR) is 68.3 cm³/mol. The number of fused-ring (bicyclic) bond motifs is 2. The van der Waals surface area contributed by atoms with Gasteiger partial charge in [0.05, 0.1) is 29.0 Å². The number of hydrogen-bond acceptors (Lipinski definition) is 3. The van der Waals surface area contributed by atoms with Crippen LogP contribution in [-0.4, -0.2) is 29.3 Å². The number of aromatic carboxylic acids is 1. The van der Waals surface area contributed by atoms with Gasteiger partial charge in [-0.1, -0.05) is 17.7 Å². The molecule has 1 aromatic rings. The van der Waals surface area contributed by atoms with Crippen LogP contribution in [0.4, 0.5) is 5.69 Å². The standard InChI is InChI=1S/C13H14ClNO3/c14-8-2-1-3-9(12(8)13(16)17)15-10-6-7-4-5-11(10)18-7/h1-3,7,10-11,15H,4-6H2,(H,16,17). The van der Waals surface area contributed by atoms with E-state index in [1.165, 1.54) is 0 Å². The summed E-state index contributed by atoms with van der Waals surface area (Å²) in [6.45, 7) is 0. The molecule has 3 atom stereocenters. The second-order valence-electron chi connectivity index (χ2n) is 4.83. The van der Waals surface area contributed by atoms with E-state index >= 15 is 0 Å². The maximum absolute atomic E-state index is 11.2. The number of carboxylic acid groups (broad SMARTS) is 1. The zero-order chi connectivity index (χ0) is 12.7. The largest absolute Gasteiger partial charge is 0.478 e. The summed E-state index contributed by atoms with van der Waals surface area (Å²) < 4.78 is 5.74. The summed E-state index contributed by atoms with van der Waals surface area (Å²) in [4.78, 5) is 11.2. The number of benzene rings is 1. The van der Waals surface area contributed by atoms with E-state index in [4.69, 9.17) is 16.3 Å². The number of halogens is 1. The molecular formula is C13H14ClNO3. The number of ether oxygens (including phenoxy) is 1. The monoisotopic (exact) mass is 267 g/mol. The summed E-state index contributed by atoms with van der Waals surface area (Å²) in [5.41, 5.74) is 0.720. The molecule has 1 aromatic carbocycles. The van der Waals surface area contributed by atoms with Crippen LogP contribution in [0.3, 0.4) is 0 Å². The zero-order valence-electron chi connectivity index (χ0n) is 9.73. The maximum atomic E-state index is 11.2. The van der Waals surface area contributed by atoms with Crippen molar-refractivity contribution in [2.45, 2.75) is 37.5 Å². The van der Waals surface area contributed by atoms with Gasteiger partial charge in [0.15, 0.2) is 0 Å². The Kier molecular flexibility index (Phi) is 2.92. The minimum atomic E-state index is -1.01. The van der Waals surface area contributed by atoms with Crippen LogP contribution in [0.1, 0.15) is 29.6 Å². The van der Waals surface area contributed by atoms with Crippen LogP contribution in [-0.2, 0) is 4.74 Å². The molecule has 3 unspecified atom stereocenters. The van der Waals surface area contributed by atoms with Crippen molar-refractivity contribution in [3.63, 3.8) is 0 Å². The fraction of sp³-hybridized carbons (Fsp3) is 0.462. The van der Waals surface area contributed by atoms with Crippen molar-refractivity contribution in [1.29, 1.82) is 0 Å². The quantitative estimate of drug-likeness (QED) is 0.884. The molecule has 0 saturated carbocycles. The smallest absolute Gasteiger partial charge is 0.339 e. The van der Waals surface area contributed by atoms with Crippen LogP contribution >= 0.6 is 11.6 Å². The zero-order valence-corrected chi connectivity index (χ0v) is 10.5. The highest BCUT2D eigenvalue weighted by Gasteiger charge is 2.41. The van der Waals surface area contributed by atoms with Crippen LogP contribution in [0.25, 0.3) is 0 Å². The molecule has 2 bridgehead atoms. The fourth-order valence-corrected chi connectivity index (χ4v) is 3.11. The second kappa shape index (κ2) is 4.44. The molecule has 96 valence electrons. The first-order valence-corrected chi connectivity index (χ1v) is 6.47. The number of anilines is 1. The Labute approximate surface area is 110 Å². The minimum absolute atomic E-state index is 0.141. The second-order valence-corrected chi connectivity index (χ2v) is 5.24. The van der Waals surface area contributed by atoms with E-state index in [1.807, 2.05) is 0 Å². The van der Waals surface area contributed by atoms with E-state index in [-0.39, 0.29) is 22.7 Å². The van der Waals surface area contributed by atoms with Crippen molar-refractivity contribution in [1.82, 2.24) is 0 Å². The van der Waals surface area contributed by atoms with Gasteiger partial charge in [-0.15, -0.1) is 0 Å². The van der Waals surface area contributed by atoms with Gasteiger partial charge in [-0.3, -0.25) is 0 Å². The van der Waals surface area contributed by atoms with Crippen LogP contribution in [0.15, 0.2) is 18.2 Å². The number of rotatable bonds is 3. The van der Waals surface area contributed by atoms with Crippen LogP contribution in [0.2, 0.25) is 5.02 Å². The highest BCUT2D eigenvalue weighted by atomic mass is 35.5. The average molecular weight is 268 g/mol. The maximum Gasteiger partial charge on any atom is 0.339 e. The van der Waals surface area contributed by atoms with Crippen molar-refractivity contribution >= 4 is 23.3 Å². The Morgan fingerprint density at radius 2 is 2.28 bits per heavy atom. The molecule has 0 radical (unpaired) electrons. The third-order valence-corrected chi connectivity index (χ3v) is 3.99. The van der Waals surface area contributed by atoms with E-state index in [0.29, 0.717) is 11.8 Å². The minimum Gasteiger partial charge on any atom is -0.478 e. The summed E-state index contributed by atoms with van der Waals surface area (Å²) in [5, 5.41) is 12.7. The van der Waals surface area contributed by atoms with Crippen molar-refractivity contribution in [2.24, 2.45) is 0 Å². The third kappa shape index (κ3) is 1.95. The van der Waals surface area contributed by atoms with E-state index in [1.54, 1.807) is 18.2 Å². The first-order valence-electron chi connectivity index (χ1n) is 6.09. The van der Waals surface area contributed by atoms with Crippen molar-refractivity contribution in [3.05, 3.63) is 28.8 Å². The average Bonchev–Trinajstić information content (AvgIpc) is 2.90. The molecule has 0 amide bonds. The van der Waals surface area contributed by atoms with Crippen molar-refractivity contribution in [2.75, 3.05) is 5.32 Å². The van der Waals surface area contributed by atoms with Gasteiger partial charge in [0.1, 0.15) is 5.56 Å². The Bertz CT molecular complexity index is 491. The van der Waals surface area contributed by atoms with Gasteiger partial charge in [-0.2, -0.15) is 0 Å². The van der Waals surface area contributed by atoms with Gasteiger partial charge in [-0.25, -0.2) is 4.79 Å². The van der Waals surface area contributed by atoms with Crippen LogP contribution < -0.4 is 5.32 Å². The van der Waals surface area contributed by atoms with E-state index in [2.05, 4.69) is 5.32 Å². The molecule has 0 aromatic heterocycles. The molecule has 2 aliphatic rings. The molecule has 0 aliphatic carbocycles. The summed E-state index contributed by atoms with van der Waals surface area (Å²) in [6, 6.07) is 5.29. The Hall–Kier alpha value is -1.26. The first-order chi connectivity index (χ1) is 8.65. The van der Waals surface area contributed by atoms with E-state index in [0.717, 1.165) is 19.3 Å². The molecule has 2 N–H and O–H groups in total. The molecule has 3 rings (SSSR count). The normalized spacial score (nSPS) is 29.5. The predicted octanol–water partition coefficient (Wildman–Crippen LogP) is 2.77. The van der Waals surface area contributed by atoms with Crippen LogP contribution in [0.5, 0.6) is 0 Å². The number of carbonyl (C=O) groups is 1. The fourth-order valence-electron chi connectivity index (χ4n) is 2.85. The summed E-state index contributed by atoms with van der Waals surface area (Å²) in [6.07, 6.45) is 3.64. The highest BCUT2D eigenvalue weighted by molar-refractivity contribution is 6.34. The third-order valence-electron chi connectivity index (χ3n) is 3.67. The summed E-state index contributed by atoms with van der Waals surface area (Å²) in [5.74, 6) is -1.01. The van der Waals surface area contributed by atoms with Gasteiger partial charge in [0, 0.05) is 0 Å². The molecule has 0 spiro atoms. The number of nitrogens with one attached hydrogen (secondary N) is 1. The van der Waals surface area contributed by atoms with Crippen molar-refractivity contribution in [3.8, 4) is 0 Å². The highest BCUT2D eigenvalue weighted by Crippen LogP contribution is 2.37. The topological polar surface area (TPSA) is 58.6 Å².